The number of anilines is 1. The summed E-state index contributed by atoms with van der Waals surface area (Å²) < 4.78 is 5.51. The zero-order valence-corrected chi connectivity index (χ0v) is 25.3. The first kappa shape index (κ1) is 31.4. The molecule has 7 nitrogen and oxygen atoms in total. The molecule has 0 fully saturated rings. The predicted octanol–water partition coefficient (Wildman–Crippen LogP) is 6.67. The fourth-order valence-corrected chi connectivity index (χ4v) is 4.86. The minimum absolute atomic E-state index is 0.248. The van der Waals surface area contributed by atoms with Crippen LogP contribution >= 0.6 is 0 Å². The van der Waals surface area contributed by atoms with Gasteiger partial charge in [0.25, 0.3) is 5.91 Å². The van der Waals surface area contributed by atoms with Crippen molar-refractivity contribution in [1.82, 2.24) is 10.2 Å². The van der Waals surface area contributed by atoms with E-state index in [4.69, 9.17) is 4.74 Å². The quantitative estimate of drug-likeness (QED) is 0.292. The number of amides is 3. The molecule has 0 radical (unpaired) electrons. The lowest BCUT2D eigenvalue weighted by Gasteiger charge is -2.35. The molecule has 2 unspecified atom stereocenters. The van der Waals surface area contributed by atoms with Crippen LogP contribution in [0.25, 0.3) is 0 Å². The normalized spacial score (nSPS) is 12.7. The number of nitrogens with zero attached hydrogens (tertiary/aromatic N) is 1. The van der Waals surface area contributed by atoms with Crippen LogP contribution in [0.4, 0.5) is 10.5 Å². The Kier molecular flexibility index (Phi) is 10.7. The summed E-state index contributed by atoms with van der Waals surface area (Å²) in [6.07, 6.45) is 0.184. The first-order chi connectivity index (χ1) is 19.4. The first-order valence-electron chi connectivity index (χ1n) is 14.2. The lowest BCUT2D eigenvalue weighted by molar-refractivity contribution is -0.140. The maximum atomic E-state index is 14.4. The van der Waals surface area contributed by atoms with E-state index in [0.717, 1.165) is 22.3 Å². The molecule has 3 aromatic carbocycles. The molecular weight excluding hydrogens is 514 g/mol. The van der Waals surface area contributed by atoms with Crippen LogP contribution in [-0.2, 0) is 20.7 Å². The smallest absolute Gasteiger partial charge is 0.408 e. The third-order valence-electron chi connectivity index (χ3n) is 6.54. The highest BCUT2D eigenvalue weighted by Gasteiger charge is 2.36. The molecule has 0 aliphatic heterocycles. The zero-order chi connectivity index (χ0) is 30.2. The highest BCUT2D eigenvalue weighted by atomic mass is 16.6. The molecule has 3 rings (SSSR count). The van der Waals surface area contributed by atoms with Crippen molar-refractivity contribution >= 4 is 23.6 Å². The second kappa shape index (κ2) is 14.0. The summed E-state index contributed by atoms with van der Waals surface area (Å²) in [7, 11) is 0. The summed E-state index contributed by atoms with van der Waals surface area (Å²) in [6.45, 7) is 13.5. The fourth-order valence-electron chi connectivity index (χ4n) is 4.86. The van der Waals surface area contributed by atoms with E-state index < -0.39 is 23.8 Å². The van der Waals surface area contributed by atoms with Crippen LogP contribution in [0.2, 0.25) is 0 Å². The van der Waals surface area contributed by atoms with E-state index in [-0.39, 0.29) is 18.2 Å². The average molecular weight is 558 g/mol. The van der Waals surface area contributed by atoms with Gasteiger partial charge in [-0.2, -0.15) is 0 Å². The van der Waals surface area contributed by atoms with E-state index in [2.05, 4.69) is 10.6 Å². The number of hydrogen-bond donors (Lipinski definition) is 2. The monoisotopic (exact) mass is 557 g/mol. The van der Waals surface area contributed by atoms with Gasteiger partial charge in [-0.05, 0) is 70.7 Å². The van der Waals surface area contributed by atoms with Crippen molar-refractivity contribution < 1.29 is 19.1 Å². The van der Waals surface area contributed by atoms with E-state index >= 15 is 0 Å². The van der Waals surface area contributed by atoms with Crippen molar-refractivity contribution in [3.63, 3.8) is 0 Å². The van der Waals surface area contributed by atoms with Crippen molar-refractivity contribution in [3.05, 3.63) is 101 Å². The lowest BCUT2D eigenvalue weighted by Crippen LogP contribution is -2.53. The van der Waals surface area contributed by atoms with E-state index in [9.17, 15) is 14.4 Å². The van der Waals surface area contributed by atoms with E-state index in [1.165, 1.54) is 0 Å². The second-order valence-electron chi connectivity index (χ2n) is 11.5. The van der Waals surface area contributed by atoms with Crippen LogP contribution in [0.1, 0.15) is 68.0 Å². The third-order valence-corrected chi connectivity index (χ3v) is 6.54. The number of carbonyl (C=O) groups is 3. The maximum Gasteiger partial charge on any atom is 0.408 e. The second-order valence-corrected chi connectivity index (χ2v) is 11.5. The molecule has 0 aliphatic rings. The van der Waals surface area contributed by atoms with Gasteiger partial charge in [-0.15, -0.1) is 0 Å². The Morgan fingerprint density at radius 3 is 2.07 bits per heavy atom. The minimum atomic E-state index is -0.946. The minimum Gasteiger partial charge on any atom is -0.444 e. The number of carbonyl (C=O) groups excluding carboxylic acids is 3. The number of benzene rings is 3. The molecule has 218 valence electrons. The lowest BCUT2D eigenvalue weighted by atomic mass is 9.97. The van der Waals surface area contributed by atoms with Crippen molar-refractivity contribution in [3.8, 4) is 0 Å². The van der Waals surface area contributed by atoms with Gasteiger partial charge >= 0.3 is 6.09 Å². The first-order valence-corrected chi connectivity index (χ1v) is 14.2. The standard InChI is InChI=1S/C34H43N3O4/c1-8-18-37(32(39)29(22-26-15-10-9-11-16-26)36-33(40)41-34(5,6)7)30(27-20-23(2)19-24(3)21-27)31(38)35-28-17-13-12-14-25(28)4/h9-17,19-21,29-30H,8,18,22H2,1-7H3,(H,35,38)(H,36,40). The Labute approximate surface area is 244 Å². The van der Waals surface area contributed by atoms with E-state index in [1.54, 1.807) is 25.7 Å². The topological polar surface area (TPSA) is 87.7 Å². The summed E-state index contributed by atoms with van der Waals surface area (Å²) in [5.74, 6) is -0.674. The van der Waals surface area contributed by atoms with Gasteiger partial charge in [0.05, 0.1) is 0 Å². The summed E-state index contributed by atoms with van der Waals surface area (Å²) >= 11 is 0. The third kappa shape index (κ3) is 9.20. The SMILES string of the molecule is CCCN(C(=O)C(Cc1ccccc1)NC(=O)OC(C)(C)C)C(C(=O)Nc1ccccc1C)c1cc(C)cc(C)c1. The molecule has 0 aromatic heterocycles. The van der Waals surface area contributed by atoms with Gasteiger partial charge in [0, 0.05) is 18.7 Å². The van der Waals surface area contributed by atoms with Crippen LogP contribution in [0.5, 0.6) is 0 Å². The Morgan fingerprint density at radius 1 is 0.878 bits per heavy atom. The van der Waals surface area contributed by atoms with Crippen molar-refractivity contribution in [2.24, 2.45) is 0 Å². The van der Waals surface area contributed by atoms with Crippen molar-refractivity contribution in [2.75, 3.05) is 11.9 Å². The molecule has 0 saturated carbocycles. The highest BCUT2D eigenvalue weighted by molar-refractivity contribution is 5.99. The number of nitrogens with one attached hydrogen (secondary N) is 2. The van der Waals surface area contributed by atoms with Crippen LogP contribution in [0.3, 0.4) is 0 Å². The van der Waals surface area contributed by atoms with Crippen molar-refractivity contribution in [1.29, 1.82) is 0 Å². The number of alkyl carbamates (subject to hydrolysis) is 1. The molecule has 2 N–H and O–H groups in total. The van der Waals surface area contributed by atoms with Crippen LogP contribution in [0.15, 0.2) is 72.8 Å². The molecule has 3 amide bonds. The van der Waals surface area contributed by atoms with E-state index in [1.807, 2.05) is 100 Å². The zero-order valence-electron chi connectivity index (χ0n) is 25.3. The van der Waals surface area contributed by atoms with Gasteiger partial charge in [-0.1, -0.05) is 84.8 Å². The van der Waals surface area contributed by atoms with Gasteiger partial charge in [-0.3, -0.25) is 9.59 Å². The highest BCUT2D eigenvalue weighted by Crippen LogP contribution is 2.28. The molecule has 7 heteroatoms. The number of aryl methyl sites for hydroxylation is 3. The van der Waals surface area contributed by atoms with Gasteiger partial charge in [0.15, 0.2) is 0 Å². The Bertz CT molecular complexity index is 1330. The predicted molar refractivity (Wildman–Crippen MR) is 164 cm³/mol. The van der Waals surface area contributed by atoms with Crippen LogP contribution in [-0.4, -0.2) is 41.0 Å². The molecule has 41 heavy (non-hydrogen) atoms. The summed E-state index contributed by atoms with van der Waals surface area (Å²) in [6, 6.07) is 21.1. The molecule has 0 saturated heterocycles. The Balaban J connectivity index is 2.07. The van der Waals surface area contributed by atoms with Gasteiger partial charge in [-0.25, -0.2) is 4.79 Å². The maximum absolute atomic E-state index is 14.4. The van der Waals surface area contributed by atoms with Crippen LogP contribution < -0.4 is 10.6 Å². The Hall–Kier alpha value is -4.13. The summed E-state index contributed by atoms with van der Waals surface area (Å²) in [5, 5.41) is 5.86. The van der Waals surface area contributed by atoms with Crippen molar-refractivity contribution in [2.45, 2.75) is 79.0 Å². The number of para-hydroxylation sites is 1. The van der Waals surface area contributed by atoms with Gasteiger partial charge in [0.1, 0.15) is 17.7 Å². The number of rotatable bonds is 10. The molecule has 0 bridgehead atoms. The number of ether oxygens (including phenoxy) is 1. The molecule has 2 atom stereocenters. The molecular formula is C34H43N3O4. The van der Waals surface area contributed by atoms with Gasteiger partial charge in [0.2, 0.25) is 5.91 Å². The average Bonchev–Trinajstić information content (AvgIpc) is 2.88. The molecule has 0 aliphatic carbocycles. The number of hydrogen-bond acceptors (Lipinski definition) is 4. The van der Waals surface area contributed by atoms with Gasteiger partial charge < -0.3 is 20.3 Å². The van der Waals surface area contributed by atoms with E-state index in [0.29, 0.717) is 24.2 Å². The molecule has 0 spiro atoms. The summed E-state index contributed by atoms with van der Waals surface area (Å²) in [4.78, 5) is 43.0. The van der Waals surface area contributed by atoms with Crippen LogP contribution in [0, 0.1) is 20.8 Å². The summed E-state index contributed by atoms with van der Waals surface area (Å²) in [5.41, 5.74) is 4.44. The molecule has 0 heterocycles. The Morgan fingerprint density at radius 2 is 1.49 bits per heavy atom. The fraction of sp³-hybridized carbons (Fsp3) is 0.382. The largest absolute Gasteiger partial charge is 0.444 e. The molecule has 3 aromatic rings.